The lowest BCUT2D eigenvalue weighted by Crippen LogP contribution is -2.04. The van der Waals surface area contributed by atoms with E-state index in [1.54, 1.807) is 6.07 Å². The fraction of sp³-hybridized carbons (Fsp3) is 0.286. The molecule has 1 aromatic heterocycles. The van der Waals surface area contributed by atoms with Gasteiger partial charge < -0.3 is 10.5 Å². The highest BCUT2D eigenvalue weighted by molar-refractivity contribution is 9.10. The first-order valence-corrected chi connectivity index (χ1v) is 7.01. The lowest BCUT2D eigenvalue weighted by Gasteiger charge is -2.09. The molecular formula is C14H17BrFN3O. The number of nitrogens with two attached hydrogens (primary N) is 1. The molecule has 0 aliphatic heterocycles. The van der Waals surface area contributed by atoms with Crippen LogP contribution in [0.15, 0.2) is 29.0 Å². The van der Waals surface area contributed by atoms with Gasteiger partial charge in [-0.05, 0) is 46.1 Å². The van der Waals surface area contributed by atoms with Gasteiger partial charge >= 0.3 is 0 Å². The van der Waals surface area contributed by atoms with Crippen molar-refractivity contribution in [2.24, 2.45) is 0 Å². The van der Waals surface area contributed by atoms with Crippen molar-refractivity contribution in [2.45, 2.75) is 27.4 Å². The van der Waals surface area contributed by atoms with Gasteiger partial charge in [0.1, 0.15) is 17.0 Å². The standard InChI is InChI=1S/C12H11BrFN3O.C2H6/c1-7-2-3-9(14)4-8(7)6-18-12-11(15)16-5-10(13)17-12;1-2/h2-5H,6H2,1H3,(H2,15,16);1-2H3. The topological polar surface area (TPSA) is 61.0 Å². The number of nitrogens with zero attached hydrogens (tertiary/aromatic N) is 2. The van der Waals surface area contributed by atoms with Gasteiger partial charge in [0, 0.05) is 0 Å². The Morgan fingerprint density at radius 2 is 2.05 bits per heavy atom. The summed E-state index contributed by atoms with van der Waals surface area (Å²) in [7, 11) is 0. The first kappa shape index (κ1) is 16.4. The van der Waals surface area contributed by atoms with Gasteiger partial charge in [0.15, 0.2) is 5.82 Å². The number of rotatable bonds is 3. The van der Waals surface area contributed by atoms with Gasteiger partial charge in [-0.25, -0.2) is 14.4 Å². The highest BCUT2D eigenvalue weighted by atomic mass is 79.9. The van der Waals surface area contributed by atoms with E-state index < -0.39 is 0 Å². The molecule has 2 N–H and O–H groups in total. The molecule has 2 aromatic rings. The summed E-state index contributed by atoms with van der Waals surface area (Å²) in [5.74, 6) is 0.132. The van der Waals surface area contributed by atoms with Crippen LogP contribution in [0.25, 0.3) is 0 Å². The zero-order valence-electron chi connectivity index (χ0n) is 11.7. The highest BCUT2D eigenvalue weighted by Gasteiger charge is 2.07. The van der Waals surface area contributed by atoms with Crippen molar-refractivity contribution in [3.05, 3.63) is 45.9 Å². The Balaban J connectivity index is 0.000000956. The summed E-state index contributed by atoms with van der Waals surface area (Å²) in [6.45, 7) is 6.08. The zero-order chi connectivity index (χ0) is 15.1. The highest BCUT2D eigenvalue weighted by Crippen LogP contribution is 2.20. The van der Waals surface area contributed by atoms with Crippen molar-refractivity contribution >= 4 is 21.7 Å². The molecule has 0 spiro atoms. The molecule has 0 saturated heterocycles. The van der Waals surface area contributed by atoms with Crippen LogP contribution in [0.2, 0.25) is 0 Å². The monoisotopic (exact) mass is 341 g/mol. The van der Waals surface area contributed by atoms with E-state index in [9.17, 15) is 4.39 Å². The summed E-state index contributed by atoms with van der Waals surface area (Å²) in [6, 6.07) is 4.53. The zero-order valence-corrected chi connectivity index (χ0v) is 13.2. The largest absolute Gasteiger partial charge is 0.470 e. The maximum atomic E-state index is 13.1. The number of benzene rings is 1. The summed E-state index contributed by atoms with van der Waals surface area (Å²) >= 11 is 3.18. The lowest BCUT2D eigenvalue weighted by atomic mass is 10.1. The van der Waals surface area contributed by atoms with Crippen molar-refractivity contribution in [1.82, 2.24) is 9.97 Å². The number of nitrogen functional groups attached to an aromatic ring is 1. The van der Waals surface area contributed by atoms with Gasteiger partial charge in [0.05, 0.1) is 6.20 Å². The number of aromatic nitrogens is 2. The number of ether oxygens (including phenoxy) is 1. The summed E-state index contributed by atoms with van der Waals surface area (Å²) in [5.41, 5.74) is 7.32. The van der Waals surface area contributed by atoms with Gasteiger partial charge in [-0.1, -0.05) is 19.9 Å². The maximum Gasteiger partial charge on any atom is 0.258 e. The van der Waals surface area contributed by atoms with Crippen LogP contribution in [0.3, 0.4) is 0 Å². The molecule has 0 atom stereocenters. The average Bonchev–Trinajstić information content (AvgIpc) is 2.45. The molecule has 0 amide bonds. The number of hydrogen-bond acceptors (Lipinski definition) is 4. The average molecular weight is 342 g/mol. The summed E-state index contributed by atoms with van der Waals surface area (Å²) < 4.78 is 19.1. The summed E-state index contributed by atoms with van der Waals surface area (Å²) in [6.07, 6.45) is 1.48. The summed E-state index contributed by atoms with van der Waals surface area (Å²) in [5, 5.41) is 0. The third kappa shape index (κ3) is 4.45. The maximum absolute atomic E-state index is 13.1. The number of halogens is 2. The molecule has 1 heterocycles. The Hall–Kier alpha value is -1.69. The van der Waals surface area contributed by atoms with Gasteiger partial charge in [0.2, 0.25) is 0 Å². The van der Waals surface area contributed by atoms with Gasteiger partial charge in [-0.15, -0.1) is 0 Å². The normalized spacial score (nSPS) is 9.65. The van der Waals surface area contributed by atoms with Crippen molar-refractivity contribution in [3.63, 3.8) is 0 Å². The molecule has 0 fully saturated rings. The molecule has 1 aromatic carbocycles. The third-order valence-corrected chi connectivity index (χ3v) is 2.80. The molecule has 108 valence electrons. The Morgan fingerprint density at radius 1 is 1.35 bits per heavy atom. The van der Waals surface area contributed by atoms with Crippen molar-refractivity contribution in [3.8, 4) is 5.88 Å². The van der Waals surface area contributed by atoms with E-state index in [4.69, 9.17) is 10.5 Å². The quantitative estimate of drug-likeness (QED) is 0.920. The Bertz CT molecular complexity index is 527. The molecular weight excluding hydrogens is 325 g/mol. The Morgan fingerprint density at radius 3 is 2.75 bits per heavy atom. The minimum absolute atomic E-state index is 0.193. The Kier molecular flexibility index (Phi) is 6.38. The van der Waals surface area contributed by atoms with E-state index in [1.165, 1.54) is 18.3 Å². The van der Waals surface area contributed by atoms with E-state index in [-0.39, 0.29) is 24.1 Å². The second-order valence-corrected chi connectivity index (χ2v) is 4.56. The summed E-state index contributed by atoms with van der Waals surface area (Å²) in [4.78, 5) is 7.95. The molecule has 0 aliphatic carbocycles. The minimum atomic E-state index is -0.299. The molecule has 0 bridgehead atoms. The first-order chi connectivity index (χ1) is 9.56. The molecule has 2 rings (SSSR count). The SMILES string of the molecule is CC.Cc1ccc(F)cc1COc1nc(Br)cnc1N. The van der Waals surface area contributed by atoms with E-state index in [2.05, 4.69) is 25.9 Å². The third-order valence-electron chi connectivity index (χ3n) is 2.41. The van der Waals surface area contributed by atoms with Gasteiger partial charge in [-0.3, -0.25) is 0 Å². The second kappa shape index (κ2) is 7.79. The van der Waals surface area contributed by atoms with E-state index in [1.807, 2.05) is 20.8 Å². The van der Waals surface area contributed by atoms with Crippen LogP contribution in [-0.4, -0.2) is 9.97 Å². The van der Waals surface area contributed by atoms with E-state index in [0.29, 0.717) is 4.60 Å². The van der Waals surface area contributed by atoms with Gasteiger partial charge in [0.25, 0.3) is 5.88 Å². The van der Waals surface area contributed by atoms with Crippen LogP contribution in [0, 0.1) is 12.7 Å². The number of aryl methyl sites for hydroxylation is 1. The van der Waals surface area contributed by atoms with Crippen molar-refractivity contribution < 1.29 is 9.13 Å². The van der Waals surface area contributed by atoms with Crippen molar-refractivity contribution in [1.29, 1.82) is 0 Å². The molecule has 6 heteroatoms. The number of anilines is 1. The lowest BCUT2D eigenvalue weighted by molar-refractivity contribution is 0.292. The molecule has 20 heavy (non-hydrogen) atoms. The fourth-order valence-electron chi connectivity index (χ4n) is 1.41. The van der Waals surface area contributed by atoms with E-state index in [0.717, 1.165) is 11.1 Å². The predicted octanol–water partition coefficient (Wildman–Crippen LogP) is 3.87. The van der Waals surface area contributed by atoms with E-state index >= 15 is 0 Å². The Labute approximate surface area is 126 Å². The fourth-order valence-corrected chi connectivity index (χ4v) is 1.67. The molecule has 0 unspecified atom stereocenters. The minimum Gasteiger partial charge on any atom is -0.470 e. The van der Waals surface area contributed by atoms with Crippen LogP contribution in [0.4, 0.5) is 10.2 Å². The number of hydrogen-bond donors (Lipinski definition) is 1. The molecule has 0 radical (unpaired) electrons. The van der Waals surface area contributed by atoms with Crippen LogP contribution >= 0.6 is 15.9 Å². The van der Waals surface area contributed by atoms with Gasteiger partial charge in [-0.2, -0.15) is 0 Å². The van der Waals surface area contributed by atoms with Crippen molar-refractivity contribution in [2.75, 3.05) is 5.73 Å². The first-order valence-electron chi connectivity index (χ1n) is 6.22. The van der Waals surface area contributed by atoms with Crippen LogP contribution in [0.5, 0.6) is 5.88 Å². The second-order valence-electron chi connectivity index (χ2n) is 3.74. The van der Waals surface area contributed by atoms with Crippen LogP contribution < -0.4 is 10.5 Å². The predicted molar refractivity (Wildman–Crippen MR) is 81.0 cm³/mol. The van der Waals surface area contributed by atoms with Crippen LogP contribution in [-0.2, 0) is 6.61 Å². The van der Waals surface area contributed by atoms with Crippen LogP contribution in [0.1, 0.15) is 25.0 Å². The molecule has 0 saturated carbocycles. The smallest absolute Gasteiger partial charge is 0.258 e. The molecule has 4 nitrogen and oxygen atoms in total. The molecule has 0 aliphatic rings.